The van der Waals surface area contributed by atoms with Crippen LogP contribution in [0.15, 0.2) is 42.5 Å². The van der Waals surface area contributed by atoms with Crippen LogP contribution in [0.1, 0.15) is 33.8 Å². The van der Waals surface area contributed by atoms with Gasteiger partial charge in [0.15, 0.2) is 11.5 Å². The second kappa shape index (κ2) is 6.71. The number of aromatic carboxylic acids is 1. The van der Waals surface area contributed by atoms with Crippen molar-refractivity contribution >= 4 is 11.9 Å². The molecule has 1 amide bonds. The number of hydrogen-bond donors (Lipinski definition) is 2. The molecule has 1 aliphatic heterocycles. The van der Waals surface area contributed by atoms with Crippen LogP contribution in [-0.4, -0.2) is 30.2 Å². The average Bonchev–Trinajstić information content (AvgIpc) is 3.47. The summed E-state index contributed by atoms with van der Waals surface area (Å²) in [5.74, 6) is 0.744. The average molecular weight is 353 g/mol. The molecule has 0 radical (unpaired) electrons. The molecule has 0 unspecified atom stereocenters. The molecule has 0 saturated heterocycles. The number of fused-ring (bicyclic) bond motifs is 1. The Kier molecular flexibility index (Phi) is 4.24. The molecular weight excluding hydrogens is 334 g/mol. The third-order valence-corrected chi connectivity index (χ3v) is 4.79. The molecule has 0 aromatic heterocycles. The summed E-state index contributed by atoms with van der Waals surface area (Å²) in [5.41, 5.74) is 2.21. The first-order valence-corrected chi connectivity index (χ1v) is 8.61. The van der Waals surface area contributed by atoms with Gasteiger partial charge in [-0.3, -0.25) is 4.79 Å². The fourth-order valence-corrected chi connectivity index (χ4v) is 3.23. The highest BCUT2D eigenvalue weighted by Gasteiger charge is 2.44. The summed E-state index contributed by atoms with van der Waals surface area (Å²) < 4.78 is 11.1. The number of hydrogen-bond acceptors (Lipinski definition) is 4. The SMILES string of the molecule is O=C(O)c1ccc(CNC(=O)[C@@H]2C[C@H]2c2ccc3c(c2)OCCO3)cc1. The minimum Gasteiger partial charge on any atom is -0.486 e. The Morgan fingerprint density at radius 1 is 1.04 bits per heavy atom. The van der Waals surface area contributed by atoms with Gasteiger partial charge < -0.3 is 19.9 Å². The quantitative estimate of drug-likeness (QED) is 0.863. The van der Waals surface area contributed by atoms with Crippen molar-refractivity contribution in [3.63, 3.8) is 0 Å². The minimum atomic E-state index is -0.958. The van der Waals surface area contributed by atoms with E-state index in [2.05, 4.69) is 5.32 Å². The predicted molar refractivity (Wildman–Crippen MR) is 93.5 cm³/mol. The van der Waals surface area contributed by atoms with Gasteiger partial charge in [-0.15, -0.1) is 0 Å². The normalized spacial score (nSPS) is 20.3. The van der Waals surface area contributed by atoms with Gasteiger partial charge in [0.25, 0.3) is 0 Å². The van der Waals surface area contributed by atoms with Gasteiger partial charge in [-0.05, 0) is 47.7 Å². The lowest BCUT2D eigenvalue weighted by Crippen LogP contribution is -2.24. The molecule has 2 atom stereocenters. The largest absolute Gasteiger partial charge is 0.486 e. The van der Waals surface area contributed by atoms with Crippen LogP contribution in [0.3, 0.4) is 0 Å². The van der Waals surface area contributed by atoms with E-state index in [1.165, 1.54) is 0 Å². The number of nitrogens with one attached hydrogen (secondary N) is 1. The highest BCUT2D eigenvalue weighted by molar-refractivity contribution is 5.87. The Balaban J connectivity index is 1.33. The van der Waals surface area contributed by atoms with Gasteiger partial charge in [0, 0.05) is 12.5 Å². The number of carboxylic acid groups (broad SMARTS) is 1. The van der Waals surface area contributed by atoms with E-state index in [1.807, 2.05) is 18.2 Å². The Bertz CT molecular complexity index is 846. The lowest BCUT2D eigenvalue weighted by Gasteiger charge is -2.18. The smallest absolute Gasteiger partial charge is 0.335 e. The number of benzene rings is 2. The number of amides is 1. The van der Waals surface area contributed by atoms with Crippen LogP contribution in [-0.2, 0) is 11.3 Å². The lowest BCUT2D eigenvalue weighted by atomic mass is 10.1. The molecule has 0 spiro atoms. The molecule has 6 nitrogen and oxygen atoms in total. The Labute approximate surface area is 150 Å². The molecule has 1 saturated carbocycles. The van der Waals surface area contributed by atoms with Crippen molar-refractivity contribution in [3.8, 4) is 11.5 Å². The third-order valence-electron chi connectivity index (χ3n) is 4.79. The van der Waals surface area contributed by atoms with Crippen molar-refractivity contribution in [2.75, 3.05) is 13.2 Å². The van der Waals surface area contributed by atoms with Crippen LogP contribution < -0.4 is 14.8 Å². The van der Waals surface area contributed by atoms with Crippen molar-refractivity contribution in [2.45, 2.75) is 18.9 Å². The maximum Gasteiger partial charge on any atom is 0.335 e. The molecule has 2 aromatic rings. The second-order valence-electron chi connectivity index (χ2n) is 6.57. The van der Waals surface area contributed by atoms with Gasteiger partial charge in [0.2, 0.25) is 5.91 Å². The van der Waals surface area contributed by atoms with Crippen molar-refractivity contribution < 1.29 is 24.2 Å². The monoisotopic (exact) mass is 353 g/mol. The summed E-state index contributed by atoms with van der Waals surface area (Å²) >= 11 is 0. The standard InChI is InChI=1S/C20H19NO5/c22-19(21-11-12-1-3-13(4-2-12)20(23)24)16-10-15(16)14-5-6-17-18(9-14)26-8-7-25-17/h1-6,9,15-16H,7-8,10-11H2,(H,21,22)(H,23,24)/t15-,16+/m0/s1. The first-order chi connectivity index (χ1) is 12.6. The summed E-state index contributed by atoms with van der Waals surface area (Å²) in [4.78, 5) is 23.2. The summed E-state index contributed by atoms with van der Waals surface area (Å²) in [6.07, 6.45) is 0.823. The fourth-order valence-electron chi connectivity index (χ4n) is 3.23. The van der Waals surface area contributed by atoms with Crippen molar-refractivity contribution in [1.82, 2.24) is 5.32 Å². The molecule has 2 aromatic carbocycles. The number of carboxylic acids is 1. The highest BCUT2D eigenvalue weighted by atomic mass is 16.6. The lowest BCUT2D eigenvalue weighted by molar-refractivity contribution is -0.122. The maximum absolute atomic E-state index is 12.4. The molecule has 1 fully saturated rings. The van der Waals surface area contributed by atoms with Gasteiger partial charge in [0.1, 0.15) is 13.2 Å². The predicted octanol–water partition coefficient (Wildman–Crippen LogP) is 2.58. The van der Waals surface area contributed by atoms with E-state index in [4.69, 9.17) is 14.6 Å². The van der Waals surface area contributed by atoms with Gasteiger partial charge in [-0.2, -0.15) is 0 Å². The van der Waals surface area contributed by atoms with Crippen LogP contribution in [0.2, 0.25) is 0 Å². The molecule has 2 aliphatic rings. The molecule has 26 heavy (non-hydrogen) atoms. The van der Waals surface area contributed by atoms with Gasteiger partial charge in [0.05, 0.1) is 5.56 Å². The van der Waals surface area contributed by atoms with E-state index in [0.717, 1.165) is 29.0 Å². The van der Waals surface area contributed by atoms with Crippen LogP contribution in [0.5, 0.6) is 11.5 Å². The van der Waals surface area contributed by atoms with Gasteiger partial charge in [-0.1, -0.05) is 18.2 Å². The number of carbonyl (C=O) groups is 2. The second-order valence-corrected chi connectivity index (χ2v) is 6.57. The van der Waals surface area contributed by atoms with E-state index < -0.39 is 5.97 Å². The number of carbonyl (C=O) groups excluding carboxylic acids is 1. The zero-order chi connectivity index (χ0) is 18.1. The molecule has 1 aliphatic carbocycles. The van der Waals surface area contributed by atoms with E-state index in [-0.39, 0.29) is 23.3 Å². The van der Waals surface area contributed by atoms with E-state index in [9.17, 15) is 9.59 Å². The Morgan fingerprint density at radius 3 is 2.50 bits per heavy atom. The summed E-state index contributed by atoms with van der Waals surface area (Å²) in [6, 6.07) is 12.4. The Morgan fingerprint density at radius 2 is 1.77 bits per heavy atom. The highest BCUT2D eigenvalue weighted by Crippen LogP contribution is 2.49. The molecular formula is C20H19NO5. The fraction of sp³-hybridized carbons (Fsp3) is 0.300. The maximum atomic E-state index is 12.4. The van der Waals surface area contributed by atoms with Gasteiger partial charge >= 0.3 is 5.97 Å². The molecule has 134 valence electrons. The molecule has 2 N–H and O–H groups in total. The van der Waals surface area contributed by atoms with Crippen LogP contribution in [0.4, 0.5) is 0 Å². The minimum absolute atomic E-state index is 0.0206. The Hall–Kier alpha value is -3.02. The summed E-state index contributed by atoms with van der Waals surface area (Å²) in [6.45, 7) is 1.50. The first kappa shape index (κ1) is 16.4. The molecule has 0 bridgehead atoms. The van der Waals surface area contributed by atoms with Crippen molar-refractivity contribution in [3.05, 3.63) is 59.2 Å². The van der Waals surface area contributed by atoms with Crippen LogP contribution in [0, 0.1) is 5.92 Å². The molecule has 4 rings (SSSR count). The molecule has 1 heterocycles. The van der Waals surface area contributed by atoms with E-state index in [0.29, 0.717) is 19.8 Å². The van der Waals surface area contributed by atoms with Crippen LogP contribution >= 0.6 is 0 Å². The van der Waals surface area contributed by atoms with E-state index >= 15 is 0 Å². The molecule has 6 heteroatoms. The number of ether oxygens (including phenoxy) is 2. The van der Waals surface area contributed by atoms with E-state index in [1.54, 1.807) is 24.3 Å². The number of rotatable bonds is 5. The summed E-state index contributed by atoms with van der Waals surface area (Å²) in [7, 11) is 0. The zero-order valence-corrected chi connectivity index (χ0v) is 14.1. The third kappa shape index (κ3) is 3.35. The van der Waals surface area contributed by atoms with Crippen molar-refractivity contribution in [2.24, 2.45) is 5.92 Å². The van der Waals surface area contributed by atoms with Gasteiger partial charge in [-0.25, -0.2) is 4.79 Å². The topological polar surface area (TPSA) is 84.9 Å². The van der Waals surface area contributed by atoms with Crippen molar-refractivity contribution in [1.29, 1.82) is 0 Å². The van der Waals surface area contributed by atoms with Crippen LogP contribution in [0.25, 0.3) is 0 Å². The zero-order valence-electron chi connectivity index (χ0n) is 14.1. The summed E-state index contributed by atoms with van der Waals surface area (Å²) in [5, 5.41) is 11.8. The first-order valence-electron chi connectivity index (χ1n) is 8.61.